The van der Waals surface area contributed by atoms with Crippen LogP contribution in [0.1, 0.15) is 42.2 Å². The van der Waals surface area contributed by atoms with Gasteiger partial charge < -0.3 is 10.0 Å². The molecule has 2 fully saturated rings. The predicted octanol–water partition coefficient (Wildman–Crippen LogP) is 5.27. The van der Waals surface area contributed by atoms with Crippen LogP contribution in [0.5, 0.6) is 0 Å². The minimum absolute atomic E-state index is 0.0560. The Bertz CT molecular complexity index is 1130. The van der Waals surface area contributed by atoms with Crippen molar-refractivity contribution in [3.05, 3.63) is 76.0 Å². The van der Waals surface area contributed by atoms with E-state index in [1.165, 1.54) is 11.3 Å². The molecule has 5 rings (SSSR count). The van der Waals surface area contributed by atoms with Crippen molar-refractivity contribution >= 4 is 39.6 Å². The van der Waals surface area contributed by atoms with Gasteiger partial charge in [0.15, 0.2) is 0 Å². The summed E-state index contributed by atoms with van der Waals surface area (Å²) in [5, 5.41) is 15.2. The van der Waals surface area contributed by atoms with Crippen molar-refractivity contribution in [2.24, 2.45) is 0 Å². The summed E-state index contributed by atoms with van der Waals surface area (Å²) >= 11 is 1.51. The third kappa shape index (κ3) is 2.97. The smallest absolute Gasteiger partial charge is 0.295 e. The molecule has 3 aromatic rings. The molecule has 2 heterocycles. The molecule has 1 saturated heterocycles. The molecule has 0 spiro atoms. The lowest BCUT2D eigenvalue weighted by atomic mass is 9.98. The summed E-state index contributed by atoms with van der Waals surface area (Å²) in [6.07, 6.45) is 3.95. The van der Waals surface area contributed by atoms with E-state index in [1.54, 1.807) is 4.90 Å². The number of aliphatic hydroxyl groups excluding tert-OH is 1. The van der Waals surface area contributed by atoms with Gasteiger partial charge in [-0.3, -0.25) is 9.59 Å². The molecule has 5 heteroatoms. The number of benzene rings is 2. The van der Waals surface area contributed by atoms with Gasteiger partial charge in [0.25, 0.3) is 11.7 Å². The summed E-state index contributed by atoms with van der Waals surface area (Å²) in [7, 11) is 0. The van der Waals surface area contributed by atoms with E-state index in [1.807, 2.05) is 60.0 Å². The molecule has 1 saturated carbocycles. The van der Waals surface area contributed by atoms with Gasteiger partial charge in [0.1, 0.15) is 5.76 Å². The van der Waals surface area contributed by atoms with E-state index < -0.39 is 17.7 Å². The van der Waals surface area contributed by atoms with Crippen molar-refractivity contribution in [1.29, 1.82) is 0 Å². The minimum atomic E-state index is -0.582. The van der Waals surface area contributed by atoms with Gasteiger partial charge in [-0.15, -0.1) is 11.3 Å². The first-order chi connectivity index (χ1) is 14.1. The maximum absolute atomic E-state index is 13.1. The van der Waals surface area contributed by atoms with Gasteiger partial charge in [-0.1, -0.05) is 55.3 Å². The number of hydrogen-bond acceptors (Lipinski definition) is 4. The van der Waals surface area contributed by atoms with Gasteiger partial charge in [0.05, 0.1) is 11.6 Å². The monoisotopic (exact) mass is 403 g/mol. The molecule has 2 aliphatic rings. The van der Waals surface area contributed by atoms with Gasteiger partial charge in [-0.2, -0.15) is 0 Å². The second-order valence-corrected chi connectivity index (χ2v) is 8.70. The highest BCUT2D eigenvalue weighted by Crippen LogP contribution is 2.44. The number of carbonyl (C=O) groups is 2. The van der Waals surface area contributed by atoms with Gasteiger partial charge >= 0.3 is 0 Å². The lowest BCUT2D eigenvalue weighted by Gasteiger charge is -2.29. The van der Waals surface area contributed by atoms with E-state index in [2.05, 4.69) is 0 Å². The molecule has 1 N–H and O–H groups in total. The number of rotatable bonds is 3. The van der Waals surface area contributed by atoms with Crippen molar-refractivity contribution in [2.45, 2.75) is 37.8 Å². The summed E-state index contributed by atoms with van der Waals surface area (Å²) in [4.78, 5) is 28.7. The normalized spacial score (nSPS) is 22.1. The molecule has 0 radical (unpaired) electrons. The first-order valence-electron chi connectivity index (χ1n) is 9.98. The number of amides is 1. The largest absolute Gasteiger partial charge is 0.507 e. The molecule has 146 valence electrons. The van der Waals surface area contributed by atoms with Crippen LogP contribution in [-0.4, -0.2) is 27.7 Å². The maximum atomic E-state index is 13.1. The number of nitrogens with zero attached hydrogens (tertiary/aromatic N) is 1. The maximum Gasteiger partial charge on any atom is 0.295 e. The zero-order valence-corrected chi connectivity index (χ0v) is 16.7. The van der Waals surface area contributed by atoms with Gasteiger partial charge in [0, 0.05) is 16.5 Å². The number of hydrogen-bond donors (Lipinski definition) is 1. The first kappa shape index (κ1) is 18.1. The second kappa shape index (κ2) is 7.16. The fourth-order valence-electron chi connectivity index (χ4n) is 4.63. The Labute approximate surface area is 173 Å². The average Bonchev–Trinajstić information content (AvgIpc) is 3.49. The Morgan fingerprint density at radius 3 is 2.45 bits per heavy atom. The third-order valence-corrected chi connectivity index (χ3v) is 6.96. The number of ketones is 1. The van der Waals surface area contributed by atoms with E-state index in [0.717, 1.165) is 41.3 Å². The van der Waals surface area contributed by atoms with E-state index in [4.69, 9.17) is 0 Å². The topological polar surface area (TPSA) is 57.6 Å². The van der Waals surface area contributed by atoms with E-state index in [-0.39, 0.29) is 17.4 Å². The van der Waals surface area contributed by atoms with Crippen LogP contribution in [0.2, 0.25) is 0 Å². The van der Waals surface area contributed by atoms with E-state index >= 15 is 0 Å². The second-order valence-electron chi connectivity index (χ2n) is 7.72. The number of Topliss-reactive ketones (excluding diaryl/α,β-unsaturated/α-hetero) is 1. The van der Waals surface area contributed by atoms with Crippen LogP contribution in [0.25, 0.3) is 16.5 Å². The summed E-state index contributed by atoms with van der Waals surface area (Å²) in [5.41, 5.74) is 0.773. The van der Waals surface area contributed by atoms with Gasteiger partial charge in [-0.05, 0) is 41.1 Å². The molecular formula is C24H21NO3S. The Balaban J connectivity index is 1.67. The number of likely N-dealkylation sites (tertiary alicyclic amines) is 1. The number of fused-ring (bicyclic) bond motifs is 1. The van der Waals surface area contributed by atoms with Crippen molar-refractivity contribution in [1.82, 2.24) is 4.90 Å². The molecule has 1 aliphatic carbocycles. The van der Waals surface area contributed by atoms with Crippen molar-refractivity contribution in [3.8, 4) is 0 Å². The summed E-state index contributed by atoms with van der Waals surface area (Å²) in [6, 6.07) is 16.9. The molecule has 2 aromatic carbocycles. The van der Waals surface area contributed by atoms with Crippen LogP contribution >= 0.6 is 11.3 Å². The fourth-order valence-corrected chi connectivity index (χ4v) is 5.46. The highest BCUT2D eigenvalue weighted by Gasteiger charge is 2.49. The molecule has 1 amide bonds. The fraction of sp³-hybridized carbons (Fsp3) is 0.250. The third-order valence-electron chi connectivity index (χ3n) is 6.03. The van der Waals surface area contributed by atoms with Crippen molar-refractivity contribution in [2.75, 3.05) is 0 Å². The van der Waals surface area contributed by atoms with Crippen LogP contribution in [0, 0.1) is 0 Å². The van der Waals surface area contributed by atoms with Gasteiger partial charge in [0.2, 0.25) is 0 Å². The molecule has 1 atom stereocenters. The molecule has 4 nitrogen and oxygen atoms in total. The SMILES string of the molecule is O=C1C(=O)N(C2CCCC2)C(c2cccs2)/C1=C(/O)c1ccc2ccccc2c1. The van der Waals surface area contributed by atoms with Crippen LogP contribution in [0.15, 0.2) is 65.6 Å². The van der Waals surface area contributed by atoms with Crippen LogP contribution in [0.4, 0.5) is 0 Å². The lowest BCUT2D eigenvalue weighted by molar-refractivity contribution is -0.141. The standard InChI is InChI=1S/C24H21NO3S/c26-22(17-12-11-15-6-1-2-7-16(15)14-17)20-21(19-10-5-13-29-19)25(24(28)23(20)27)18-8-3-4-9-18/h1-2,5-7,10-14,18,21,26H,3-4,8-9H2/b22-20-. The number of thiophene rings is 1. The Kier molecular flexibility index (Phi) is 4.47. The number of aliphatic hydroxyl groups is 1. The molecule has 1 aromatic heterocycles. The minimum Gasteiger partial charge on any atom is -0.507 e. The summed E-state index contributed by atoms with van der Waals surface area (Å²) in [5.74, 6) is -1.16. The molecule has 0 bridgehead atoms. The molecular weight excluding hydrogens is 382 g/mol. The zero-order chi connectivity index (χ0) is 20.0. The van der Waals surface area contributed by atoms with Crippen LogP contribution in [0.3, 0.4) is 0 Å². The Morgan fingerprint density at radius 1 is 0.966 bits per heavy atom. The van der Waals surface area contributed by atoms with Crippen LogP contribution < -0.4 is 0 Å². The summed E-state index contributed by atoms with van der Waals surface area (Å²) in [6.45, 7) is 0. The predicted molar refractivity (Wildman–Crippen MR) is 115 cm³/mol. The molecule has 29 heavy (non-hydrogen) atoms. The lowest BCUT2D eigenvalue weighted by Crippen LogP contribution is -2.37. The number of carbonyl (C=O) groups excluding carboxylic acids is 2. The highest BCUT2D eigenvalue weighted by atomic mass is 32.1. The highest BCUT2D eigenvalue weighted by molar-refractivity contribution is 7.10. The quantitative estimate of drug-likeness (QED) is 0.368. The Morgan fingerprint density at radius 2 is 1.72 bits per heavy atom. The Hall–Kier alpha value is -2.92. The van der Waals surface area contributed by atoms with E-state index in [0.29, 0.717) is 5.56 Å². The average molecular weight is 404 g/mol. The molecule has 1 aliphatic heterocycles. The van der Waals surface area contributed by atoms with E-state index in [9.17, 15) is 14.7 Å². The van der Waals surface area contributed by atoms with Crippen LogP contribution in [-0.2, 0) is 9.59 Å². The molecule has 1 unspecified atom stereocenters. The van der Waals surface area contributed by atoms with Crippen molar-refractivity contribution in [3.63, 3.8) is 0 Å². The van der Waals surface area contributed by atoms with Crippen molar-refractivity contribution < 1.29 is 14.7 Å². The summed E-state index contributed by atoms with van der Waals surface area (Å²) < 4.78 is 0. The zero-order valence-electron chi connectivity index (χ0n) is 15.9. The van der Waals surface area contributed by atoms with Gasteiger partial charge in [-0.25, -0.2) is 0 Å². The first-order valence-corrected chi connectivity index (χ1v) is 10.9.